The van der Waals surface area contributed by atoms with E-state index >= 15 is 0 Å². The van der Waals surface area contributed by atoms with Crippen LogP contribution >= 0.6 is 11.6 Å². The van der Waals surface area contributed by atoms with Crippen LogP contribution in [0.5, 0.6) is 5.75 Å². The van der Waals surface area contributed by atoms with E-state index in [0.29, 0.717) is 16.3 Å². The zero-order chi connectivity index (χ0) is 16.4. The molecule has 0 bridgehead atoms. The van der Waals surface area contributed by atoms with Gasteiger partial charge in [-0.05, 0) is 50.1 Å². The zero-order valence-corrected chi connectivity index (χ0v) is 13.1. The SMILES string of the molecule is Cc1ccc(C(=O)Oc2cc(C)c(Cl)c(C)c2)cc1[N+](=O)[O-]. The molecule has 2 rings (SSSR count). The van der Waals surface area contributed by atoms with Crippen LogP contribution in [0.1, 0.15) is 27.0 Å². The predicted octanol–water partition coefficient (Wildman–Crippen LogP) is 4.39. The van der Waals surface area contributed by atoms with Gasteiger partial charge in [-0.2, -0.15) is 0 Å². The van der Waals surface area contributed by atoms with Gasteiger partial charge >= 0.3 is 5.97 Å². The van der Waals surface area contributed by atoms with Gasteiger partial charge < -0.3 is 4.74 Å². The summed E-state index contributed by atoms with van der Waals surface area (Å²) in [6.45, 7) is 5.23. The van der Waals surface area contributed by atoms with Gasteiger partial charge in [-0.1, -0.05) is 17.7 Å². The Labute approximate surface area is 132 Å². The Morgan fingerprint density at radius 3 is 2.23 bits per heavy atom. The number of carbonyl (C=O) groups is 1. The molecule has 0 radical (unpaired) electrons. The van der Waals surface area contributed by atoms with Gasteiger partial charge in [0.25, 0.3) is 5.69 Å². The summed E-state index contributed by atoms with van der Waals surface area (Å²) in [6.07, 6.45) is 0. The minimum absolute atomic E-state index is 0.113. The maximum Gasteiger partial charge on any atom is 0.343 e. The Hall–Kier alpha value is -2.40. The maximum absolute atomic E-state index is 12.1. The van der Waals surface area contributed by atoms with Gasteiger partial charge in [0.2, 0.25) is 0 Å². The second-order valence-electron chi connectivity index (χ2n) is 5.02. The highest BCUT2D eigenvalue weighted by atomic mass is 35.5. The summed E-state index contributed by atoms with van der Waals surface area (Å²) >= 11 is 6.06. The van der Waals surface area contributed by atoms with Crippen molar-refractivity contribution in [3.05, 3.63) is 67.7 Å². The van der Waals surface area contributed by atoms with E-state index < -0.39 is 10.9 Å². The molecule has 0 aliphatic rings. The second-order valence-corrected chi connectivity index (χ2v) is 5.40. The van der Waals surface area contributed by atoms with Gasteiger partial charge in [0.05, 0.1) is 10.5 Å². The first-order valence-corrected chi connectivity index (χ1v) is 6.91. The topological polar surface area (TPSA) is 69.4 Å². The Morgan fingerprint density at radius 1 is 1.09 bits per heavy atom. The van der Waals surface area contributed by atoms with Crippen molar-refractivity contribution < 1.29 is 14.5 Å². The number of halogens is 1. The normalized spacial score (nSPS) is 10.4. The first-order valence-electron chi connectivity index (χ1n) is 6.53. The average Bonchev–Trinajstić information content (AvgIpc) is 2.44. The Balaban J connectivity index is 2.30. The van der Waals surface area contributed by atoms with Crippen LogP contribution in [-0.4, -0.2) is 10.9 Å². The molecule has 0 atom stereocenters. The number of carbonyl (C=O) groups excluding carboxylic acids is 1. The lowest BCUT2D eigenvalue weighted by molar-refractivity contribution is -0.385. The number of nitrogens with zero attached hydrogens (tertiary/aromatic N) is 1. The number of nitro benzene ring substituents is 1. The van der Waals surface area contributed by atoms with Gasteiger partial charge in [0, 0.05) is 16.7 Å². The quantitative estimate of drug-likeness (QED) is 0.364. The molecule has 0 amide bonds. The number of benzene rings is 2. The number of nitro groups is 1. The minimum atomic E-state index is -0.649. The lowest BCUT2D eigenvalue weighted by Crippen LogP contribution is -2.09. The monoisotopic (exact) mass is 319 g/mol. The van der Waals surface area contributed by atoms with E-state index in [4.69, 9.17) is 16.3 Å². The lowest BCUT2D eigenvalue weighted by Gasteiger charge is -2.09. The fraction of sp³-hybridized carbons (Fsp3) is 0.188. The molecule has 2 aromatic rings. The van der Waals surface area contributed by atoms with Crippen LogP contribution in [0.4, 0.5) is 5.69 Å². The van der Waals surface area contributed by atoms with Gasteiger partial charge in [-0.15, -0.1) is 0 Å². The Morgan fingerprint density at radius 2 is 1.68 bits per heavy atom. The maximum atomic E-state index is 12.1. The second kappa shape index (κ2) is 6.15. The van der Waals surface area contributed by atoms with Gasteiger partial charge in [-0.3, -0.25) is 10.1 Å². The Kier molecular flexibility index (Phi) is 4.47. The van der Waals surface area contributed by atoms with Crippen molar-refractivity contribution in [2.75, 3.05) is 0 Å². The molecule has 0 heterocycles. The first-order chi connectivity index (χ1) is 10.3. The van der Waals surface area contributed by atoms with E-state index in [1.165, 1.54) is 18.2 Å². The van der Waals surface area contributed by atoms with E-state index in [1.807, 2.05) is 13.8 Å². The smallest absolute Gasteiger partial charge is 0.343 e. The fourth-order valence-corrected chi connectivity index (χ4v) is 2.17. The highest BCUT2D eigenvalue weighted by molar-refractivity contribution is 6.32. The van der Waals surface area contributed by atoms with Crippen molar-refractivity contribution in [3.63, 3.8) is 0 Å². The minimum Gasteiger partial charge on any atom is -0.423 e. The van der Waals surface area contributed by atoms with Crippen LogP contribution in [-0.2, 0) is 0 Å². The van der Waals surface area contributed by atoms with Crippen LogP contribution in [0.25, 0.3) is 0 Å². The Bertz CT molecular complexity index is 748. The third-order valence-electron chi connectivity index (χ3n) is 3.26. The zero-order valence-electron chi connectivity index (χ0n) is 12.3. The van der Waals surface area contributed by atoms with Crippen LogP contribution in [0.15, 0.2) is 30.3 Å². The van der Waals surface area contributed by atoms with Gasteiger partial charge in [0.1, 0.15) is 5.75 Å². The molecule has 0 spiro atoms. The molecule has 0 saturated heterocycles. The molecule has 0 N–H and O–H groups in total. The number of rotatable bonds is 3. The number of hydrogen-bond donors (Lipinski definition) is 0. The summed E-state index contributed by atoms with van der Waals surface area (Å²) in [5.74, 6) is -0.295. The van der Waals surface area contributed by atoms with Gasteiger partial charge in [0.15, 0.2) is 0 Å². The van der Waals surface area contributed by atoms with Crippen molar-refractivity contribution in [2.45, 2.75) is 20.8 Å². The van der Waals surface area contributed by atoms with E-state index in [2.05, 4.69) is 0 Å². The molecule has 5 nitrogen and oxygen atoms in total. The molecular formula is C16H14ClNO4. The van der Waals surface area contributed by atoms with E-state index in [9.17, 15) is 14.9 Å². The van der Waals surface area contributed by atoms with Crippen LogP contribution in [0, 0.1) is 30.9 Å². The summed E-state index contributed by atoms with van der Waals surface area (Å²) in [5.41, 5.74) is 2.08. The number of aryl methyl sites for hydroxylation is 3. The average molecular weight is 320 g/mol. The third-order valence-corrected chi connectivity index (χ3v) is 3.86. The van der Waals surface area contributed by atoms with Crippen molar-refractivity contribution in [2.24, 2.45) is 0 Å². The number of ether oxygens (including phenoxy) is 1. The number of esters is 1. The van der Waals surface area contributed by atoms with Crippen molar-refractivity contribution in [1.82, 2.24) is 0 Å². The molecule has 0 fully saturated rings. The summed E-state index contributed by atoms with van der Waals surface area (Å²) in [5, 5.41) is 11.5. The van der Waals surface area contributed by atoms with E-state index in [0.717, 1.165) is 11.1 Å². The van der Waals surface area contributed by atoms with Crippen LogP contribution in [0.2, 0.25) is 5.02 Å². The molecule has 22 heavy (non-hydrogen) atoms. The lowest BCUT2D eigenvalue weighted by atomic mass is 10.1. The summed E-state index contributed by atoms with van der Waals surface area (Å²) in [4.78, 5) is 22.5. The molecule has 6 heteroatoms. The molecule has 0 aromatic heterocycles. The van der Waals surface area contributed by atoms with Crippen LogP contribution in [0.3, 0.4) is 0 Å². The molecule has 0 saturated carbocycles. The molecule has 0 aliphatic heterocycles. The van der Waals surface area contributed by atoms with Crippen molar-refractivity contribution >= 4 is 23.3 Å². The predicted molar refractivity (Wildman–Crippen MR) is 83.7 cm³/mol. The van der Waals surface area contributed by atoms with Gasteiger partial charge in [-0.25, -0.2) is 4.79 Å². The third kappa shape index (κ3) is 3.26. The van der Waals surface area contributed by atoms with E-state index in [-0.39, 0.29) is 11.3 Å². The molecule has 0 unspecified atom stereocenters. The first kappa shape index (κ1) is 16.0. The molecule has 114 valence electrons. The fourth-order valence-electron chi connectivity index (χ4n) is 2.06. The standard InChI is InChI=1S/C16H14ClNO4/c1-9-4-5-12(8-14(9)18(20)21)16(19)22-13-6-10(2)15(17)11(3)7-13/h4-8H,1-3H3. The summed E-state index contributed by atoms with van der Waals surface area (Å²) < 4.78 is 5.27. The van der Waals surface area contributed by atoms with E-state index in [1.54, 1.807) is 19.1 Å². The van der Waals surface area contributed by atoms with Crippen molar-refractivity contribution in [3.8, 4) is 5.75 Å². The summed E-state index contributed by atoms with van der Waals surface area (Å²) in [7, 11) is 0. The summed E-state index contributed by atoms with van der Waals surface area (Å²) in [6, 6.07) is 7.53. The van der Waals surface area contributed by atoms with Crippen LogP contribution < -0.4 is 4.74 Å². The number of hydrogen-bond acceptors (Lipinski definition) is 4. The highest BCUT2D eigenvalue weighted by Crippen LogP contribution is 2.27. The highest BCUT2D eigenvalue weighted by Gasteiger charge is 2.17. The molecule has 0 aliphatic carbocycles. The van der Waals surface area contributed by atoms with Crippen molar-refractivity contribution in [1.29, 1.82) is 0 Å². The molecular weight excluding hydrogens is 306 g/mol. The largest absolute Gasteiger partial charge is 0.423 e. The molecule has 2 aromatic carbocycles.